The first-order chi connectivity index (χ1) is 9.38. The fourth-order valence-electron chi connectivity index (χ4n) is 1.79. The van der Waals surface area contributed by atoms with Crippen LogP contribution in [0.5, 0.6) is 0 Å². The third kappa shape index (κ3) is 2.99. The van der Waals surface area contributed by atoms with E-state index >= 15 is 0 Å². The van der Waals surface area contributed by atoms with Gasteiger partial charge in [-0.25, -0.2) is 4.39 Å². The molecule has 5 heteroatoms. The van der Waals surface area contributed by atoms with Gasteiger partial charge in [0.05, 0.1) is 4.47 Å². The van der Waals surface area contributed by atoms with E-state index in [0.29, 0.717) is 27.0 Å². The standard InChI is InChI=1S/C15H14BrFN2O/c1-8-5-10(3-4-13(8)18)15(20)19-14-7-11(16)12(17)6-9(14)2/h3-7H,18H2,1-2H3,(H,19,20). The molecule has 0 aromatic heterocycles. The summed E-state index contributed by atoms with van der Waals surface area (Å²) >= 11 is 3.10. The summed E-state index contributed by atoms with van der Waals surface area (Å²) in [4.78, 5) is 12.2. The number of benzene rings is 2. The number of nitrogens with one attached hydrogen (secondary N) is 1. The van der Waals surface area contributed by atoms with Gasteiger partial charge in [0.25, 0.3) is 5.91 Å². The zero-order chi connectivity index (χ0) is 14.9. The maximum absolute atomic E-state index is 13.3. The van der Waals surface area contributed by atoms with E-state index in [0.717, 1.165) is 5.56 Å². The molecule has 0 aliphatic carbocycles. The molecule has 1 amide bonds. The minimum absolute atomic E-state index is 0.255. The number of carbonyl (C=O) groups is 1. The zero-order valence-corrected chi connectivity index (χ0v) is 12.7. The van der Waals surface area contributed by atoms with Crippen LogP contribution in [0.25, 0.3) is 0 Å². The molecule has 104 valence electrons. The highest BCUT2D eigenvalue weighted by atomic mass is 79.9. The van der Waals surface area contributed by atoms with Gasteiger partial charge >= 0.3 is 0 Å². The van der Waals surface area contributed by atoms with Crippen molar-refractivity contribution in [1.82, 2.24) is 0 Å². The highest BCUT2D eigenvalue weighted by Gasteiger charge is 2.11. The van der Waals surface area contributed by atoms with Gasteiger partial charge in [0.1, 0.15) is 5.82 Å². The number of aryl methyl sites for hydroxylation is 2. The fourth-order valence-corrected chi connectivity index (χ4v) is 2.14. The first-order valence-corrected chi connectivity index (χ1v) is 6.81. The molecule has 2 rings (SSSR count). The second kappa shape index (κ2) is 5.63. The number of anilines is 2. The summed E-state index contributed by atoms with van der Waals surface area (Å²) in [6, 6.07) is 7.99. The molecular formula is C15H14BrFN2O. The Labute approximate surface area is 125 Å². The topological polar surface area (TPSA) is 55.1 Å². The maximum Gasteiger partial charge on any atom is 0.255 e. The van der Waals surface area contributed by atoms with Gasteiger partial charge in [-0.05, 0) is 71.2 Å². The van der Waals surface area contributed by atoms with Gasteiger partial charge in [0, 0.05) is 16.9 Å². The Kier molecular flexibility index (Phi) is 4.09. The smallest absolute Gasteiger partial charge is 0.255 e. The van der Waals surface area contributed by atoms with Crippen LogP contribution in [0.4, 0.5) is 15.8 Å². The van der Waals surface area contributed by atoms with Crippen LogP contribution in [0.2, 0.25) is 0 Å². The molecule has 0 saturated carbocycles. The molecule has 0 fully saturated rings. The van der Waals surface area contributed by atoms with Crippen LogP contribution in [0.1, 0.15) is 21.5 Å². The van der Waals surface area contributed by atoms with Crippen LogP contribution in [0, 0.1) is 19.7 Å². The van der Waals surface area contributed by atoms with E-state index in [1.54, 1.807) is 31.2 Å². The van der Waals surface area contributed by atoms with Crippen LogP contribution in [-0.2, 0) is 0 Å². The molecule has 2 aromatic carbocycles. The molecule has 0 spiro atoms. The van der Waals surface area contributed by atoms with Gasteiger partial charge in [-0.2, -0.15) is 0 Å². The molecule has 0 bridgehead atoms. The average Bonchev–Trinajstić information content (AvgIpc) is 2.39. The number of amides is 1. The second-order valence-corrected chi connectivity index (χ2v) is 5.46. The van der Waals surface area contributed by atoms with Gasteiger partial charge in [-0.15, -0.1) is 0 Å². The van der Waals surface area contributed by atoms with Crippen LogP contribution in [-0.4, -0.2) is 5.91 Å². The number of hydrogen-bond donors (Lipinski definition) is 2. The molecule has 2 aromatic rings. The van der Waals surface area contributed by atoms with Crippen molar-refractivity contribution < 1.29 is 9.18 Å². The van der Waals surface area contributed by atoms with Gasteiger partial charge in [0.15, 0.2) is 0 Å². The summed E-state index contributed by atoms with van der Waals surface area (Å²) in [5, 5.41) is 2.76. The summed E-state index contributed by atoms with van der Waals surface area (Å²) in [5.41, 5.74) is 8.94. The quantitative estimate of drug-likeness (QED) is 0.813. The number of nitrogens with two attached hydrogens (primary N) is 1. The third-order valence-corrected chi connectivity index (χ3v) is 3.66. The Bertz CT molecular complexity index is 686. The molecule has 0 saturated heterocycles. The molecule has 0 atom stereocenters. The molecule has 3 N–H and O–H groups in total. The van der Waals surface area contributed by atoms with Crippen LogP contribution < -0.4 is 11.1 Å². The van der Waals surface area contributed by atoms with Crippen molar-refractivity contribution in [3.05, 3.63) is 57.3 Å². The van der Waals surface area contributed by atoms with E-state index in [2.05, 4.69) is 21.2 Å². The molecule has 3 nitrogen and oxygen atoms in total. The average molecular weight is 337 g/mol. The molecule has 0 unspecified atom stereocenters. The van der Waals surface area contributed by atoms with Crippen LogP contribution in [0.3, 0.4) is 0 Å². The number of hydrogen-bond acceptors (Lipinski definition) is 2. The van der Waals surface area contributed by atoms with Gasteiger partial charge in [-0.1, -0.05) is 0 Å². The fraction of sp³-hybridized carbons (Fsp3) is 0.133. The molecule has 0 aliphatic rings. The summed E-state index contributed by atoms with van der Waals surface area (Å²) in [6.45, 7) is 3.57. The van der Waals surface area contributed by atoms with Crippen molar-refractivity contribution in [3.8, 4) is 0 Å². The van der Waals surface area contributed by atoms with E-state index in [9.17, 15) is 9.18 Å². The minimum atomic E-state index is -0.358. The van der Waals surface area contributed by atoms with Crippen LogP contribution >= 0.6 is 15.9 Å². The SMILES string of the molecule is Cc1cc(C(=O)Nc2cc(Br)c(F)cc2C)ccc1N. The van der Waals surface area contributed by atoms with Crippen molar-refractivity contribution in [2.24, 2.45) is 0 Å². The molecule has 0 heterocycles. The highest BCUT2D eigenvalue weighted by Crippen LogP contribution is 2.25. The highest BCUT2D eigenvalue weighted by molar-refractivity contribution is 9.10. The maximum atomic E-state index is 13.3. The van der Waals surface area contributed by atoms with Crippen molar-refractivity contribution in [1.29, 1.82) is 0 Å². The first-order valence-electron chi connectivity index (χ1n) is 6.01. The number of rotatable bonds is 2. The number of halogens is 2. The van der Waals surface area contributed by atoms with Gasteiger partial charge in [-0.3, -0.25) is 4.79 Å². The Morgan fingerprint density at radius 2 is 1.90 bits per heavy atom. The summed E-state index contributed by atoms with van der Waals surface area (Å²) in [7, 11) is 0. The molecule has 0 aliphatic heterocycles. The number of nitrogen functional groups attached to an aromatic ring is 1. The normalized spacial score (nSPS) is 10.4. The predicted molar refractivity (Wildman–Crippen MR) is 82.4 cm³/mol. The lowest BCUT2D eigenvalue weighted by Crippen LogP contribution is -2.13. The van der Waals surface area contributed by atoms with Gasteiger partial charge < -0.3 is 11.1 Å². The predicted octanol–water partition coefficient (Wildman–Crippen LogP) is 4.04. The van der Waals surface area contributed by atoms with Crippen molar-refractivity contribution in [3.63, 3.8) is 0 Å². The van der Waals surface area contributed by atoms with Crippen LogP contribution in [0.15, 0.2) is 34.8 Å². The van der Waals surface area contributed by atoms with Crippen molar-refractivity contribution >= 4 is 33.2 Å². The summed E-state index contributed by atoms with van der Waals surface area (Å²) in [6.07, 6.45) is 0. The van der Waals surface area contributed by atoms with E-state index in [4.69, 9.17) is 5.73 Å². The van der Waals surface area contributed by atoms with Crippen molar-refractivity contribution in [2.75, 3.05) is 11.1 Å². The van der Waals surface area contributed by atoms with Crippen molar-refractivity contribution in [2.45, 2.75) is 13.8 Å². The molecule has 0 radical (unpaired) electrons. The van der Waals surface area contributed by atoms with E-state index in [1.807, 2.05) is 6.92 Å². The minimum Gasteiger partial charge on any atom is -0.399 e. The largest absolute Gasteiger partial charge is 0.399 e. The second-order valence-electron chi connectivity index (χ2n) is 4.61. The Hall–Kier alpha value is -1.88. The zero-order valence-electron chi connectivity index (χ0n) is 11.1. The first kappa shape index (κ1) is 14.5. The van der Waals surface area contributed by atoms with E-state index in [-0.39, 0.29) is 11.7 Å². The van der Waals surface area contributed by atoms with Gasteiger partial charge in [0.2, 0.25) is 0 Å². The number of carbonyl (C=O) groups excluding carboxylic acids is 1. The Morgan fingerprint density at radius 3 is 2.55 bits per heavy atom. The lowest BCUT2D eigenvalue weighted by Gasteiger charge is -2.10. The Morgan fingerprint density at radius 1 is 1.20 bits per heavy atom. The lowest BCUT2D eigenvalue weighted by molar-refractivity contribution is 0.102. The summed E-state index contributed by atoms with van der Waals surface area (Å²) in [5.74, 6) is -0.612. The lowest BCUT2D eigenvalue weighted by atomic mass is 10.1. The monoisotopic (exact) mass is 336 g/mol. The van der Waals surface area contributed by atoms with E-state index < -0.39 is 0 Å². The third-order valence-electron chi connectivity index (χ3n) is 3.05. The summed E-state index contributed by atoms with van der Waals surface area (Å²) < 4.78 is 13.7. The molecular weight excluding hydrogens is 323 g/mol. The Balaban J connectivity index is 2.27. The molecule has 20 heavy (non-hydrogen) atoms. The van der Waals surface area contributed by atoms with E-state index in [1.165, 1.54) is 6.07 Å².